The molecule has 0 aliphatic heterocycles. The molecule has 0 atom stereocenters. The lowest BCUT2D eigenvalue weighted by molar-refractivity contribution is -0.121. The number of hydrazine groups is 1. The van der Waals surface area contributed by atoms with Crippen molar-refractivity contribution in [3.63, 3.8) is 0 Å². The average molecular weight is 413 g/mol. The lowest BCUT2D eigenvalue weighted by Gasteiger charge is -2.04. The van der Waals surface area contributed by atoms with Crippen LogP contribution in [0.3, 0.4) is 0 Å². The highest BCUT2D eigenvalue weighted by atomic mass is 79.9. The number of carbonyl (C=O) groups is 2. The summed E-state index contributed by atoms with van der Waals surface area (Å²) >= 11 is 6.44. The minimum absolute atomic E-state index is 0.0716. The van der Waals surface area contributed by atoms with E-state index in [2.05, 4.69) is 47.2 Å². The van der Waals surface area contributed by atoms with Crippen LogP contribution < -0.4 is 10.9 Å². The van der Waals surface area contributed by atoms with E-state index >= 15 is 0 Å². The SMILES string of the molecule is O=C(Cc1csc(-c2cc(Br)cs2)n1)NNC(=O)c1cn[nH]n1. The van der Waals surface area contributed by atoms with Crippen LogP contribution in [0.5, 0.6) is 0 Å². The number of aromatic nitrogens is 4. The van der Waals surface area contributed by atoms with Gasteiger partial charge in [-0.15, -0.1) is 22.7 Å². The number of thiophene rings is 1. The Morgan fingerprint density at radius 3 is 2.83 bits per heavy atom. The van der Waals surface area contributed by atoms with E-state index in [0.717, 1.165) is 14.4 Å². The minimum Gasteiger partial charge on any atom is -0.273 e. The predicted octanol–water partition coefficient (Wildman–Crippen LogP) is 1.76. The molecular weight excluding hydrogens is 404 g/mol. The quantitative estimate of drug-likeness (QED) is 0.565. The summed E-state index contributed by atoms with van der Waals surface area (Å²) in [6.45, 7) is 0. The third kappa shape index (κ3) is 4.00. The van der Waals surface area contributed by atoms with E-state index in [1.807, 2.05) is 16.8 Å². The number of halogens is 1. The van der Waals surface area contributed by atoms with Crippen molar-refractivity contribution in [1.82, 2.24) is 31.2 Å². The maximum Gasteiger partial charge on any atom is 0.291 e. The van der Waals surface area contributed by atoms with E-state index in [0.29, 0.717) is 5.69 Å². The van der Waals surface area contributed by atoms with Crippen LogP contribution in [0.4, 0.5) is 0 Å². The van der Waals surface area contributed by atoms with Crippen LogP contribution in [0.25, 0.3) is 9.88 Å². The third-order valence-electron chi connectivity index (χ3n) is 2.63. The van der Waals surface area contributed by atoms with E-state index < -0.39 is 5.91 Å². The Kier molecular flexibility index (Phi) is 4.79. The van der Waals surface area contributed by atoms with Gasteiger partial charge in [-0.2, -0.15) is 15.4 Å². The summed E-state index contributed by atoms with van der Waals surface area (Å²) in [6.07, 6.45) is 1.33. The largest absolute Gasteiger partial charge is 0.291 e. The number of rotatable bonds is 4. The van der Waals surface area contributed by atoms with Crippen molar-refractivity contribution in [3.05, 3.63) is 38.9 Å². The molecule has 3 aromatic rings. The van der Waals surface area contributed by atoms with Crippen LogP contribution in [0.2, 0.25) is 0 Å². The number of amides is 2. The highest BCUT2D eigenvalue weighted by molar-refractivity contribution is 9.10. The van der Waals surface area contributed by atoms with E-state index in [1.54, 1.807) is 11.3 Å². The first-order valence-corrected chi connectivity index (χ1v) is 8.81. The molecule has 0 spiro atoms. The van der Waals surface area contributed by atoms with Gasteiger partial charge in [0.2, 0.25) is 5.91 Å². The first-order valence-electron chi connectivity index (χ1n) is 6.25. The lowest BCUT2D eigenvalue weighted by atomic mass is 10.3. The number of hydrogen-bond donors (Lipinski definition) is 3. The van der Waals surface area contributed by atoms with Crippen molar-refractivity contribution in [3.8, 4) is 9.88 Å². The van der Waals surface area contributed by atoms with Gasteiger partial charge in [-0.3, -0.25) is 20.4 Å². The molecule has 0 radical (unpaired) electrons. The van der Waals surface area contributed by atoms with Crippen LogP contribution in [0, 0.1) is 0 Å². The summed E-state index contributed by atoms with van der Waals surface area (Å²) in [7, 11) is 0. The second-order valence-corrected chi connectivity index (χ2v) is 6.99. The van der Waals surface area contributed by atoms with Gasteiger partial charge in [0.15, 0.2) is 5.69 Å². The number of thiazole rings is 1. The van der Waals surface area contributed by atoms with Crippen molar-refractivity contribution >= 4 is 50.4 Å². The van der Waals surface area contributed by atoms with Gasteiger partial charge in [0.1, 0.15) is 5.01 Å². The van der Waals surface area contributed by atoms with E-state index in [4.69, 9.17) is 0 Å². The molecule has 3 N–H and O–H groups in total. The first-order chi connectivity index (χ1) is 11.1. The summed E-state index contributed by atoms with van der Waals surface area (Å²) in [6, 6.07) is 1.98. The van der Waals surface area contributed by atoms with Crippen LogP contribution in [0.1, 0.15) is 16.2 Å². The molecule has 0 unspecified atom stereocenters. The van der Waals surface area contributed by atoms with Gasteiger partial charge in [0.05, 0.1) is 23.2 Å². The Morgan fingerprint density at radius 2 is 2.13 bits per heavy atom. The number of aromatic amines is 1. The monoisotopic (exact) mass is 412 g/mol. The molecule has 3 aromatic heterocycles. The molecule has 0 saturated heterocycles. The summed E-state index contributed by atoms with van der Waals surface area (Å²) in [4.78, 5) is 28.9. The van der Waals surface area contributed by atoms with Gasteiger partial charge in [-0.05, 0) is 22.0 Å². The molecule has 3 heterocycles. The zero-order chi connectivity index (χ0) is 16.2. The zero-order valence-electron chi connectivity index (χ0n) is 11.4. The van der Waals surface area contributed by atoms with Gasteiger partial charge in [0.25, 0.3) is 5.91 Å². The maximum absolute atomic E-state index is 11.8. The predicted molar refractivity (Wildman–Crippen MR) is 88.8 cm³/mol. The van der Waals surface area contributed by atoms with Crippen LogP contribution in [0.15, 0.2) is 27.5 Å². The summed E-state index contributed by atoms with van der Waals surface area (Å²) < 4.78 is 1.00. The second kappa shape index (κ2) is 6.98. The molecule has 118 valence electrons. The number of H-pyrrole nitrogens is 1. The van der Waals surface area contributed by atoms with Crippen molar-refractivity contribution in [2.75, 3.05) is 0 Å². The van der Waals surface area contributed by atoms with Crippen molar-refractivity contribution in [2.24, 2.45) is 0 Å². The molecule has 3 rings (SSSR count). The molecule has 0 bridgehead atoms. The average Bonchev–Trinajstić information content (AvgIpc) is 3.25. The summed E-state index contributed by atoms with van der Waals surface area (Å²) in [5.41, 5.74) is 5.30. The Hall–Kier alpha value is -2.11. The molecule has 0 fully saturated rings. The fourth-order valence-corrected chi connectivity index (χ4v) is 3.96. The van der Waals surface area contributed by atoms with Gasteiger partial charge in [-0.1, -0.05) is 0 Å². The van der Waals surface area contributed by atoms with Crippen LogP contribution >= 0.6 is 38.6 Å². The summed E-state index contributed by atoms with van der Waals surface area (Å²) in [5.74, 6) is -0.916. The first kappa shape index (κ1) is 15.8. The van der Waals surface area contributed by atoms with Gasteiger partial charge in [-0.25, -0.2) is 4.98 Å². The fraction of sp³-hybridized carbons (Fsp3) is 0.0833. The van der Waals surface area contributed by atoms with E-state index in [-0.39, 0.29) is 18.0 Å². The maximum atomic E-state index is 11.8. The third-order valence-corrected chi connectivity index (χ3v) is 5.39. The number of nitrogens with zero attached hydrogens (tertiary/aromatic N) is 3. The number of carbonyl (C=O) groups excluding carboxylic acids is 2. The molecular formula is C12H9BrN6O2S2. The topological polar surface area (TPSA) is 113 Å². The van der Waals surface area contributed by atoms with Gasteiger partial charge < -0.3 is 0 Å². The lowest BCUT2D eigenvalue weighted by Crippen LogP contribution is -2.42. The molecule has 0 saturated carbocycles. The molecule has 2 amide bonds. The fourth-order valence-electron chi connectivity index (χ4n) is 1.64. The van der Waals surface area contributed by atoms with Crippen LogP contribution in [-0.2, 0) is 11.2 Å². The Morgan fingerprint density at radius 1 is 1.26 bits per heavy atom. The normalized spacial score (nSPS) is 10.5. The Bertz CT molecular complexity index is 828. The molecule has 11 heteroatoms. The van der Waals surface area contributed by atoms with E-state index in [9.17, 15) is 9.59 Å². The minimum atomic E-state index is -0.547. The smallest absolute Gasteiger partial charge is 0.273 e. The Balaban J connectivity index is 1.54. The molecule has 0 aromatic carbocycles. The highest BCUT2D eigenvalue weighted by Gasteiger charge is 2.12. The second-order valence-electron chi connectivity index (χ2n) is 4.31. The standard InChI is InChI=1S/C12H9BrN6O2S2/c13-6-1-9(22-4-6)12-15-7(5-23-12)2-10(20)17-18-11(21)8-3-14-19-16-8/h1,3-5H,2H2,(H,17,20)(H,18,21)(H,14,16,19). The zero-order valence-corrected chi connectivity index (χ0v) is 14.6. The molecule has 8 nitrogen and oxygen atoms in total. The van der Waals surface area contributed by atoms with Crippen molar-refractivity contribution in [1.29, 1.82) is 0 Å². The Labute approximate surface area is 146 Å². The molecule has 23 heavy (non-hydrogen) atoms. The van der Waals surface area contributed by atoms with Crippen LogP contribution in [-0.4, -0.2) is 32.2 Å². The van der Waals surface area contributed by atoms with Gasteiger partial charge in [0, 0.05) is 15.2 Å². The summed E-state index contributed by atoms with van der Waals surface area (Å²) in [5, 5.41) is 14.1. The number of nitrogens with one attached hydrogen (secondary N) is 3. The van der Waals surface area contributed by atoms with Crippen molar-refractivity contribution in [2.45, 2.75) is 6.42 Å². The van der Waals surface area contributed by atoms with Gasteiger partial charge >= 0.3 is 0 Å². The van der Waals surface area contributed by atoms with E-state index in [1.165, 1.54) is 17.5 Å². The molecule has 0 aliphatic carbocycles. The van der Waals surface area contributed by atoms with Crippen molar-refractivity contribution < 1.29 is 9.59 Å². The number of hydrogen-bond acceptors (Lipinski definition) is 7. The molecule has 0 aliphatic rings. The highest BCUT2D eigenvalue weighted by Crippen LogP contribution is 2.31.